The van der Waals surface area contributed by atoms with Crippen molar-refractivity contribution in [2.45, 2.75) is 19.8 Å². The first-order chi connectivity index (χ1) is 8.22. The summed E-state index contributed by atoms with van der Waals surface area (Å²) < 4.78 is 12.1. The number of methoxy groups -OCH3 is 1. The maximum Gasteiger partial charge on any atom is 0.175 e. The van der Waals surface area contributed by atoms with Gasteiger partial charge in [0.05, 0.1) is 18.2 Å². The molecule has 0 spiro atoms. The van der Waals surface area contributed by atoms with Gasteiger partial charge in [-0.15, -0.1) is 0 Å². The van der Waals surface area contributed by atoms with Gasteiger partial charge in [0.15, 0.2) is 11.5 Å². The molecule has 2 nitrogen and oxygen atoms in total. The topological polar surface area (TPSA) is 18.5 Å². The highest BCUT2D eigenvalue weighted by atomic mass is 79.9. The zero-order valence-corrected chi connectivity index (χ0v) is 13.4. The van der Waals surface area contributed by atoms with Crippen LogP contribution in [0.3, 0.4) is 0 Å². The molecule has 1 rings (SSSR count). The molecule has 0 N–H and O–H groups in total. The minimum atomic E-state index is 0.539. The molecule has 17 heavy (non-hydrogen) atoms. The van der Waals surface area contributed by atoms with Gasteiger partial charge in [0.2, 0.25) is 0 Å². The van der Waals surface area contributed by atoms with E-state index in [1.165, 1.54) is 6.42 Å². The van der Waals surface area contributed by atoms with Crippen molar-refractivity contribution in [2.24, 2.45) is 5.92 Å². The van der Waals surface area contributed by atoms with Gasteiger partial charge in [-0.1, -0.05) is 35.3 Å². The van der Waals surface area contributed by atoms with E-state index in [1.54, 1.807) is 7.11 Å². The minimum absolute atomic E-state index is 0.539. The zero-order valence-electron chi connectivity index (χ0n) is 10.2. The second kappa shape index (κ2) is 7.98. The second-order valence-corrected chi connectivity index (χ2v) is 5.39. The number of rotatable bonds is 7. The SMILES string of the molecule is CCCC(CBr)COc1c(Br)cccc1OC. The van der Waals surface area contributed by atoms with Gasteiger partial charge < -0.3 is 9.47 Å². The fourth-order valence-electron chi connectivity index (χ4n) is 1.60. The summed E-state index contributed by atoms with van der Waals surface area (Å²) in [4.78, 5) is 0. The summed E-state index contributed by atoms with van der Waals surface area (Å²) in [6.07, 6.45) is 2.34. The predicted octanol–water partition coefficient (Wildman–Crippen LogP) is 4.65. The third kappa shape index (κ3) is 4.51. The van der Waals surface area contributed by atoms with Crippen LogP contribution in [0.1, 0.15) is 19.8 Å². The Balaban J connectivity index is 2.67. The van der Waals surface area contributed by atoms with Crippen LogP contribution in [0.4, 0.5) is 0 Å². The Morgan fingerprint density at radius 2 is 2.12 bits per heavy atom. The highest BCUT2D eigenvalue weighted by Crippen LogP contribution is 2.35. The molecule has 1 aromatic carbocycles. The summed E-state index contributed by atoms with van der Waals surface area (Å²) in [5.74, 6) is 2.10. The summed E-state index contributed by atoms with van der Waals surface area (Å²) in [7, 11) is 1.66. The Hall–Kier alpha value is -0.220. The second-order valence-electron chi connectivity index (χ2n) is 3.89. The summed E-state index contributed by atoms with van der Waals surface area (Å²) in [5.41, 5.74) is 0. The van der Waals surface area contributed by atoms with Gasteiger partial charge in [-0.3, -0.25) is 0 Å². The molecule has 1 unspecified atom stereocenters. The van der Waals surface area contributed by atoms with Crippen LogP contribution in [0.25, 0.3) is 0 Å². The maximum absolute atomic E-state index is 5.86. The van der Waals surface area contributed by atoms with Gasteiger partial charge in [-0.05, 0) is 34.5 Å². The van der Waals surface area contributed by atoms with Gasteiger partial charge in [0.1, 0.15) is 0 Å². The highest BCUT2D eigenvalue weighted by Gasteiger charge is 2.12. The van der Waals surface area contributed by atoms with E-state index in [9.17, 15) is 0 Å². The number of hydrogen-bond acceptors (Lipinski definition) is 2. The molecular weight excluding hydrogens is 348 g/mol. The van der Waals surface area contributed by atoms with Crippen molar-refractivity contribution in [3.05, 3.63) is 22.7 Å². The molecule has 0 aliphatic heterocycles. The van der Waals surface area contributed by atoms with Crippen LogP contribution in [0.2, 0.25) is 0 Å². The fraction of sp³-hybridized carbons (Fsp3) is 0.538. The Morgan fingerprint density at radius 1 is 1.35 bits per heavy atom. The van der Waals surface area contributed by atoms with Crippen molar-refractivity contribution in [3.8, 4) is 11.5 Å². The van der Waals surface area contributed by atoms with Crippen LogP contribution < -0.4 is 9.47 Å². The average Bonchev–Trinajstić information content (AvgIpc) is 2.35. The molecule has 0 saturated heterocycles. The smallest absolute Gasteiger partial charge is 0.175 e. The Kier molecular flexibility index (Phi) is 6.97. The van der Waals surface area contributed by atoms with E-state index in [1.807, 2.05) is 18.2 Å². The molecule has 0 bridgehead atoms. The van der Waals surface area contributed by atoms with Crippen LogP contribution in [0.5, 0.6) is 11.5 Å². The molecule has 0 aromatic heterocycles. The van der Waals surface area contributed by atoms with Crippen LogP contribution in [0, 0.1) is 5.92 Å². The lowest BCUT2D eigenvalue weighted by molar-refractivity contribution is 0.242. The first kappa shape index (κ1) is 14.8. The normalized spacial score (nSPS) is 12.2. The fourth-order valence-corrected chi connectivity index (χ4v) is 2.58. The van der Waals surface area contributed by atoms with Gasteiger partial charge in [-0.25, -0.2) is 0 Å². The summed E-state index contributed by atoms with van der Waals surface area (Å²) in [6, 6.07) is 5.80. The molecule has 0 amide bonds. The van der Waals surface area contributed by atoms with Gasteiger partial charge >= 0.3 is 0 Å². The Labute approximate surface area is 120 Å². The van der Waals surface area contributed by atoms with Crippen LogP contribution in [-0.4, -0.2) is 19.0 Å². The molecule has 0 radical (unpaired) electrons. The minimum Gasteiger partial charge on any atom is -0.493 e. The molecule has 0 aliphatic carbocycles. The summed E-state index contributed by atoms with van der Waals surface area (Å²) in [5, 5.41) is 0.966. The first-order valence-corrected chi connectivity index (χ1v) is 7.65. The largest absolute Gasteiger partial charge is 0.493 e. The maximum atomic E-state index is 5.86. The molecule has 1 aromatic rings. The molecule has 96 valence electrons. The van der Waals surface area contributed by atoms with Crippen molar-refractivity contribution < 1.29 is 9.47 Å². The first-order valence-electron chi connectivity index (χ1n) is 5.74. The van der Waals surface area contributed by atoms with E-state index >= 15 is 0 Å². The standard InChI is InChI=1S/C13H18Br2O2/c1-3-5-10(8-14)9-17-13-11(15)6-4-7-12(13)16-2/h4,6-7,10H,3,5,8-9H2,1-2H3. The summed E-state index contributed by atoms with van der Waals surface area (Å²) in [6.45, 7) is 2.90. The lowest BCUT2D eigenvalue weighted by Crippen LogP contribution is -2.13. The van der Waals surface area contributed by atoms with E-state index in [0.29, 0.717) is 12.5 Å². The molecule has 0 aliphatic rings. The number of ether oxygens (including phenoxy) is 2. The summed E-state index contributed by atoms with van der Waals surface area (Å²) >= 11 is 7.00. The molecule has 1 atom stereocenters. The monoisotopic (exact) mass is 364 g/mol. The number of benzene rings is 1. The lowest BCUT2D eigenvalue weighted by atomic mass is 10.1. The highest BCUT2D eigenvalue weighted by molar-refractivity contribution is 9.10. The third-order valence-electron chi connectivity index (χ3n) is 2.53. The Bertz CT molecular complexity index is 342. The molecule has 4 heteroatoms. The molecule has 0 heterocycles. The van der Waals surface area contributed by atoms with E-state index in [2.05, 4.69) is 38.8 Å². The third-order valence-corrected chi connectivity index (χ3v) is 4.07. The van der Waals surface area contributed by atoms with Crippen molar-refractivity contribution in [1.82, 2.24) is 0 Å². The van der Waals surface area contributed by atoms with Crippen molar-refractivity contribution in [2.75, 3.05) is 19.0 Å². The zero-order chi connectivity index (χ0) is 12.7. The van der Waals surface area contributed by atoms with Crippen molar-refractivity contribution >= 4 is 31.9 Å². The average molecular weight is 366 g/mol. The quantitative estimate of drug-likeness (QED) is 0.655. The number of para-hydroxylation sites is 1. The van der Waals surface area contributed by atoms with Crippen LogP contribution >= 0.6 is 31.9 Å². The van der Waals surface area contributed by atoms with Gasteiger partial charge in [-0.2, -0.15) is 0 Å². The molecule has 0 fully saturated rings. The predicted molar refractivity (Wildman–Crippen MR) is 78.4 cm³/mol. The van der Waals surface area contributed by atoms with Crippen LogP contribution in [-0.2, 0) is 0 Å². The lowest BCUT2D eigenvalue weighted by Gasteiger charge is -2.17. The number of hydrogen-bond donors (Lipinski definition) is 0. The van der Waals surface area contributed by atoms with Crippen molar-refractivity contribution in [1.29, 1.82) is 0 Å². The van der Waals surface area contributed by atoms with Gasteiger partial charge in [0.25, 0.3) is 0 Å². The van der Waals surface area contributed by atoms with E-state index in [-0.39, 0.29) is 0 Å². The van der Waals surface area contributed by atoms with Crippen molar-refractivity contribution in [3.63, 3.8) is 0 Å². The molecular formula is C13H18Br2O2. The number of alkyl halides is 1. The molecule has 0 saturated carbocycles. The Morgan fingerprint density at radius 3 is 2.71 bits per heavy atom. The van der Waals surface area contributed by atoms with E-state index in [0.717, 1.165) is 27.7 Å². The van der Waals surface area contributed by atoms with E-state index < -0.39 is 0 Å². The van der Waals surface area contributed by atoms with Crippen LogP contribution in [0.15, 0.2) is 22.7 Å². The van der Waals surface area contributed by atoms with Gasteiger partial charge in [0, 0.05) is 11.2 Å². The number of halogens is 2. The van der Waals surface area contributed by atoms with E-state index in [4.69, 9.17) is 9.47 Å².